The normalized spacial score (nSPS) is 19.8. The molecule has 8 heteroatoms. The molecule has 150 valence electrons. The van der Waals surface area contributed by atoms with Crippen LogP contribution in [-0.4, -0.2) is 17.9 Å². The van der Waals surface area contributed by atoms with E-state index in [1.54, 1.807) is 31.2 Å². The Bertz CT molecular complexity index is 874. The number of benzene rings is 1. The molecule has 1 aliphatic rings. The number of pyridine rings is 1. The second-order valence-corrected chi connectivity index (χ2v) is 7.66. The van der Waals surface area contributed by atoms with Gasteiger partial charge in [-0.15, -0.1) is 0 Å². The molecule has 0 radical (unpaired) electrons. The number of hydrogen-bond acceptors (Lipinski definition) is 3. The molecule has 1 aliphatic carbocycles. The van der Waals surface area contributed by atoms with Gasteiger partial charge in [0.1, 0.15) is 0 Å². The van der Waals surface area contributed by atoms with Gasteiger partial charge in [0.2, 0.25) is 11.8 Å². The zero-order valence-corrected chi connectivity index (χ0v) is 16.2. The number of amides is 1. The van der Waals surface area contributed by atoms with Crippen molar-refractivity contribution < 1.29 is 18.3 Å². The number of carbonyl (C=O) groups excluding carboxylic acids is 1. The first-order valence-corrected chi connectivity index (χ1v) is 9.49. The lowest BCUT2D eigenvalue weighted by atomic mass is 9.82. The first kappa shape index (κ1) is 20.5. The molecule has 1 heterocycles. The SMILES string of the molecule is Cc1c(-c2ccc(NC(=O)[C@@H](N)[C@H]3CCCC(F)(F)C3)cc2)c(Cl)cc[n+]1[O-]. The van der Waals surface area contributed by atoms with E-state index in [4.69, 9.17) is 17.3 Å². The predicted molar refractivity (Wildman–Crippen MR) is 104 cm³/mol. The average Bonchev–Trinajstić information content (AvgIpc) is 2.65. The van der Waals surface area contributed by atoms with Gasteiger partial charge in [0.25, 0.3) is 0 Å². The highest BCUT2D eigenvalue weighted by Crippen LogP contribution is 2.38. The molecule has 2 atom stereocenters. The monoisotopic (exact) mass is 409 g/mol. The second-order valence-electron chi connectivity index (χ2n) is 7.25. The first-order chi connectivity index (χ1) is 13.2. The third kappa shape index (κ3) is 4.42. The van der Waals surface area contributed by atoms with Gasteiger partial charge in [0.15, 0.2) is 11.9 Å². The van der Waals surface area contributed by atoms with Gasteiger partial charge < -0.3 is 16.3 Å². The van der Waals surface area contributed by atoms with Crippen molar-refractivity contribution in [1.29, 1.82) is 0 Å². The number of hydrogen-bond donors (Lipinski definition) is 2. The van der Waals surface area contributed by atoms with Gasteiger partial charge in [-0.05, 0) is 36.5 Å². The molecule has 1 aromatic carbocycles. The standard InChI is InChI=1S/C20H22ClF2N3O2/c1-12-17(16(21)8-10-26(12)28)13-4-6-15(7-5-13)25-19(27)18(24)14-3-2-9-20(22,23)11-14/h4-8,10,14,18H,2-3,9,11,24H2,1H3,(H,25,27)/t14-,18-/m0/s1. The van der Waals surface area contributed by atoms with Gasteiger partial charge in [-0.25, -0.2) is 8.78 Å². The molecule has 1 aromatic heterocycles. The van der Waals surface area contributed by atoms with Crippen LogP contribution in [0, 0.1) is 18.0 Å². The fraction of sp³-hybridized carbons (Fsp3) is 0.400. The summed E-state index contributed by atoms with van der Waals surface area (Å²) in [5.41, 5.74) is 8.23. The zero-order chi connectivity index (χ0) is 20.5. The van der Waals surface area contributed by atoms with Crippen LogP contribution in [0.4, 0.5) is 14.5 Å². The molecule has 28 heavy (non-hydrogen) atoms. The van der Waals surface area contributed by atoms with E-state index < -0.39 is 23.8 Å². The van der Waals surface area contributed by atoms with Crippen molar-refractivity contribution in [3.8, 4) is 11.1 Å². The minimum Gasteiger partial charge on any atom is -0.618 e. The molecule has 0 unspecified atom stereocenters. The van der Waals surface area contributed by atoms with E-state index in [0.29, 0.717) is 34.8 Å². The minimum absolute atomic E-state index is 0.149. The van der Waals surface area contributed by atoms with Gasteiger partial charge >= 0.3 is 0 Å². The average molecular weight is 410 g/mol. The maximum absolute atomic E-state index is 13.6. The van der Waals surface area contributed by atoms with Crippen molar-refractivity contribution in [3.63, 3.8) is 0 Å². The van der Waals surface area contributed by atoms with E-state index in [0.717, 1.165) is 10.3 Å². The van der Waals surface area contributed by atoms with Crippen molar-refractivity contribution in [2.45, 2.75) is 44.6 Å². The van der Waals surface area contributed by atoms with E-state index in [1.165, 1.54) is 12.3 Å². The Kier molecular flexibility index (Phi) is 5.86. The fourth-order valence-corrected chi connectivity index (χ4v) is 3.94. The number of halogens is 3. The summed E-state index contributed by atoms with van der Waals surface area (Å²) in [6.45, 7) is 1.67. The largest absolute Gasteiger partial charge is 0.618 e. The van der Waals surface area contributed by atoms with E-state index in [-0.39, 0.29) is 12.8 Å². The van der Waals surface area contributed by atoms with Crippen LogP contribution in [0.2, 0.25) is 5.02 Å². The molecule has 1 amide bonds. The zero-order valence-electron chi connectivity index (χ0n) is 15.4. The molecular formula is C20H22ClF2N3O2. The van der Waals surface area contributed by atoms with Crippen LogP contribution in [0.3, 0.4) is 0 Å². The van der Waals surface area contributed by atoms with E-state index in [2.05, 4.69) is 5.32 Å². The van der Waals surface area contributed by atoms with E-state index in [9.17, 15) is 18.8 Å². The highest BCUT2D eigenvalue weighted by Gasteiger charge is 2.40. The van der Waals surface area contributed by atoms with Crippen molar-refractivity contribution in [2.24, 2.45) is 11.7 Å². The maximum Gasteiger partial charge on any atom is 0.248 e. The molecule has 2 aromatic rings. The van der Waals surface area contributed by atoms with Crippen LogP contribution in [0.1, 0.15) is 31.4 Å². The molecule has 0 aliphatic heterocycles. The summed E-state index contributed by atoms with van der Waals surface area (Å²) < 4.78 is 27.9. The predicted octanol–water partition coefficient (Wildman–Crippen LogP) is 4.04. The number of rotatable bonds is 4. The topological polar surface area (TPSA) is 82.1 Å². The van der Waals surface area contributed by atoms with Gasteiger partial charge in [-0.2, -0.15) is 4.73 Å². The Hall–Kier alpha value is -2.25. The first-order valence-electron chi connectivity index (χ1n) is 9.11. The second kappa shape index (κ2) is 8.01. The van der Waals surface area contributed by atoms with Crippen LogP contribution in [0.15, 0.2) is 36.5 Å². The Morgan fingerprint density at radius 1 is 1.36 bits per heavy atom. The lowest BCUT2D eigenvalue weighted by molar-refractivity contribution is -0.611. The minimum atomic E-state index is -2.76. The lowest BCUT2D eigenvalue weighted by Crippen LogP contribution is -2.45. The highest BCUT2D eigenvalue weighted by molar-refractivity contribution is 6.33. The van der Waals surface area contributed by atoms with E-state index in [1.807, 2.05) is 0 Å². The number of aromatic nitrogens is 1. The molecule has 3 N–H and O–H groups in total. The van der Waals surface area contributed by atoms with E-state index >= 15 is 0 Å². The fourth-order valence-electron chi connectivity index (χ4n) is 3.64. The third-order valence-electron chi connectivity index (χ3n) is 5.22. The Labute approximate surface area is 167 Å². The van der Waals surface area contributed by atoms with Crippen molar-refractivity contribution in [3.05, 3.63) is 52.5 Å². The van der Waals surface area contributed by atoms with Gasteiger partial charge in [-0.3, -0.25) is 4.79 Å². The lowest BCUT2D eigenvalue weighted by Gasteiger charge is -2.31. The summed E-state index contributed by atoms with van der Waals surface area (Å²) in [5.74, 6) is -3.78. The molecule has 1 fully saturated rings. The van der Waals surface area contributed by atoms with Crippen molar-refractivity contribution >= 4 is 23.2 Å². The third-order valence-corrected chi connectivity index (χ3v) is 5.53. The molecule has 5 nitrogen and oxygen atoms in total. The van der Waals surface area contributed by atoms with Crippen LogP contribution < -0.4 is 15.8 Å². The van der Waals surface area contributed by atoms with Gasteiger partial charge in [-0.1, -0.05) is 23.7 Å². The highest BCUT2D eigenvalue weighted by atomic mass is 35.5. The number of nitrogens with zero attached hydrogens (tertiary/aromatic N) is 1. The summed E-state index contributed by atoms with van der Waals surface area (Å²) in [6, 6.07) is 7.30. The number of alkyl halides is 2. The quantitative estimate of drug-likeness (QED) is 0.590. The molecule has 0 saturated heterocycles. The number of nitrogens with two attached hydrogens (primary N) is 1. The number of anilines is 1. The van der Waals surface area contributed by atoms with Crippen LogP contribution in [-0.2, 0) is 4.79 Å². The van der Waals surface area contributed by atoms with Crippen molar-refractivity contribution in [2.75, 3.05) is 5.32 Å². The Morgan fingerprint density at radius 3 is 2.68 bits per heavy atom. The van der Waals surface area contributed by atoms with Crippen molar-refractivity contribution in [1.82, 2.24) is 0 Å². The molecule has 1 saturated carbocycles. The molecular weight excluding hydrogens is 388 g/mol. The number of carbonyl (C=O) groups is 1. The van der Waals surface area contributed by atoms with Gasteiger partial charge in [0, 0.05) is 31.5 Å². The molecule has 0 bridgehead atoms. The summed E-state index contributed by atoms with van der Waals surface area (Å²) in [5, 5.41) is 14.9. The summed E-state index contributed by atoms with van der Waals surface area (Å²) >= 11 is 6.21. The van der Waals surface area contributed by atoms with Crippen LogP contribution in [0.25, 0.3) is 11.1 Å². The summed E-state index contributed by atoms with van der Waals surface area (Å²) in [6.07, 6.45) is 1.71. The van der Waals surface area contributed by atoms with Crippen LogP contribution >= 0.6 is 11.6 Å². The smallest absolute Gasteiger partial charge is 0.248 e. The molecule has 0 spiro atoms. The van der Waals surface area contributed by atoms with Crippen LogP contribution in [0.5, 0.6) is 0 Å². The Morgan fingerprint density at radius 2 is 2.04 bits per heavy atom. The maximum atomic E-state index is 13.6. The summed E-state index contributed by atoms with van der Waals surface area (Å²) in [4.78, 5) is 12.4. The number of nitrogens with one attached hydrogen (secondary N) is 1. The van der Waals surface area contributed by atoms with Gasteiger partial charge in [0.05, 0.1) is 16.6 Å². The summed E-state index contributed by atoms with van der Waals surface area (Å²) in [7, 11) is 0. The molecule has 3 rings (SSSR count). The Balaban J connectivity index is 1.71.